The van der Waals surface area contributed by atoms with Gasteiger partial charge in [-0.15, -0.1) is 0 Å². The molecule has 4 nitrogen and oxygen atoms in total. The van der Waals surface area contributed by atoms with E-state index in [0.29, 0.717) is 13.0 Å². The molecule has 0 aliphatic carbocycles. The fraction of sp³-hybridized carbons (Fsp3) is 0.455. The van der Waals surface area contributed by atoms with Crippen LogP contribution in [-0.2, 0) is 4.79 Å². The van der Waals surface area contributed by atoms with Gasteiger partial charge in [0.15, 0.2) is 0 Å². The number of aromatic nitrogens is 1. The van der Waals surface area contributed by atoms with Gasteiger partial charge >= 0.3 is 5.97 Å². The Hall–Kier alpha value is -1.58. The highest BCUT2D eigenvalue weighted by Crippen LogP contribution is 2.17. The Labute approximate surface area is 89.3 Å². The van der Waals surface area contributed by atoms with Crippen molar-refractivity contribution in [3.63, 3.8) is 0 Å². The molecule has 82 valence electrons. The van der Waals surface area contributed by atoms with E-state index < -0.39 is 5.97 Å². The molecule has 0 aliphatic rings. The van der Waals surface area contributed by atoms with Crippen molar-refractivity contribution in [1.82, 2.24) is 4.98 Å². The number of aliphatic carboxylic acids is 1. The van der Waals surface area contributed by atoms with E-state index in [2.05, 4.69) is 10.3 Å². The van der Waals surface area contributed by atoms with E-state index in [1.807, 2.05) is 13.8 Å². The number of carboxylic acids is 1. The maximum atomic E-state index is 10.3. The minimum atomic E-state index is -0.750. The number of carboxylic acid groups (broad SMARTS) is 1. The van der Waals surface area contributed by atoms with Crippen molar-refractivity contribution in [3.8, 4) is 0 Å². The first kappa shape index (κ1) is 11.5. The number of aryl methyl sites for hydroxylation is 2. The lowest BCUT2D eigenvalue weighted by atomic mass is 10.1. The molecule has 0 saturated carbocycles. The monoisotopic (exact) mass is 208 g/mol. The standard InChI is InChI=1S/C11H16N2O2/c1-8-6-12-7-9(2)11(8)13-5-3-4-10(14)15/h6-7H,3-5H2,1-2H3,(H,12,13)(H,14,15). The molecule has 15 heavy (non-hydrogen) atoms. The van der Waals surface area contributed by atoms with E-state index in [-0.39, 0.29) is 6.42 Å². The van der Waals surface area contributed by atoms with Crippen molar-refractivity contribution in [3.05, 3.63) is 23.5 Å². The van der Waals surface area contributed by atoms with Gasteiger partial charge in [0.25, 0.3) is 0 Å². The third kappa shape index (κ3) is 3.58. The van der Waals surface area contributed by atoms with Crippen LogP contribution >= 0.6 is 0 Å². The van der Waals surface area contributed by atoms with Crippen LogP contribution in [0.4, 0.5) is 5.69 Å². The molecule has 0 fully saturated rings. The van der Waals surface area contributed by atoms with Crippen molar-refractivity contribution in [2.24, 2.45) is 0 Å². The molecule has 0 unspecified atom stereocenters. The van der Waals surface area contributed by atoms with Crippen LogP contribution in [0.15, 0.2) is 12.4 Å². The van der Waals surface area contributed by atoms with Crippen LogP contribution in [-0.4, -0.2) is 22.6 Å². The molecule has 1 aromatic rings. The molecule has 4 heteroatoms. The topological polar surface area (TPSA) is 62.2 Å². The third-order valence-corrected chi connectivity index (χ3v) is 2.19. The van der Waals surface area contributed by atoms with Crippen LogP contribution in [0, 0.1) is 13.8 Å². The first-order chi connectivity index (χ1) is 7.11. The fourth-order valence-corrected chi connectivity index (χ4v) is 1.43. The minimum Gasteiger partial charge on any atom is -0.481 e. The smallest absolute Gasteiger partial charge is 0.303 e. The highest BCUT2D eigenvalue weighted by molar-refractivity contribution is 5.66. The summed E-state index contributed by atoms with van der Waals surface area (Å²) < 4.78 is 0. The quantitative estimate of drug-likeness (QED) is 0.726. The zero-order valence-corrected chi connectivity index (χ0v) is 9.08. The highest BCUT2D eigenvalue weighted by Gasteiger charge is 2.02. The summed E-state index contributed by atoms with van der Waals surface area (Å²) in [4.78, 5) is 14.4. The second kappa shape index (κ2) is 5.34. The maximum Gasteiger partial charge on any atom is 0.303 e. The molecule has 1 aromatic heterocycles. The lowest BCUT2D eigenvalue weighted by molar-refractivity contribution is -0.137. The Kier molecular flexibility index (Phi) is 4.09. The summed E-state index contributed by atoms with van der Waals surface area (Å²) in [5.74, 6) is -0.750. The molecule has 1 rings (SSSR count). The van der Waals surface area contributed by atoms with Crippen molar-refractivity contribution >= 4 is 11.7 Å². The Morgan fingerprint density at radius 2 is 2.00 bits per heavy atom. The van der Waals surface area contributed by atoms with Crippen LogP contribution < -0.4 is 5.32 Å². The van der Waals surface area contributed by atoms with Crippen molar-refractivity contribution in [2.75, 3.05) is 11.9 Å². The number of rotatable bonds is 5. The van der Waals surface area contributed by atoms with Crippen LogP contribution in [0.25, 0.3) is 0 Å². The number of carbonyl (C=O) groups is 1. The number of hydrogen-bond acceptors (Lipinski definition) is 3. The van der Waals surface area contributed by atoms with Gasteiger partial charge in [-0.05, 0) is 31.4 Å². The van der Waals surface area contributed by atoms with E-state index in [9.17, 15) is 4.79 Å². The Bertz CT molecular complexity index is 330. The number of hydrogen-bond donors (Lipinski definition) is 2. The number of anilines is 1. The van der Waals surface area contributed by atoms with Gasteiger partial charge in [0.1, 0.15) is 0 Å². The van der Waals surface area contributed by atoms with E-state index in [0.717, 1.165) is 16.8 Å². The van der Waals surface area contributed by atoms with Gasteiger partial charge in [0.2, 0.25) is 0 Å². The molecular weight excluding hydrogens is 192 g/mol. The van der Waals surface area contributed by atoms with E-state index in [4.69, 9.17) is 5.11 Å². The summed E-state index contributed by atoms with van der Waals surface area (Å²) in [7, 11) is 0. The largest absolute Gasteiger partial charge is 0.481 e. The Morgan fingerprint density at radius 3 is 2.53 bits per heavy atom. The van der Waals surface area contributed by atoms with Gasteiger partial charge in [0.05, 0.1) is 0 Å². The van der Waals surface area contributed by atoms with Gasteiger partial charge in [-0.2, -0.15) is 0 Å². The van der Waals surface area contributed by atoms with Crippen molar-refractivity contribution < 1.29 is 9.90 Å². The second-order valence-corrected chi connectivity index (χ2v) is 3.57. The van der Waals surface area contributed by atoms with Crippen LogP contribution in [0.3, 0.4) is 0 Å². The lowest BCUT2D eigenvalue weighted by Gasteiger charge is -2.11. The molecule has 0 bridgehead atoms. The zero-order chi connectivity index (χ0) is 11.3. The predicted molar refractivity (Wildman–Crippen MR) is 59.1 cm³/mol. The second-order valence-electron chi connectivity index (χ2n) is 3.57. The first-order valence-electron chi connectivity index (χ1n) is 4.98. The molecule has 0 spiro atoms. The number of pyridine rings is 1. The van der Waals surface area contributed by atoms with E-state index in [1.54, 1.807) is 12.4 Å². The Morgan fingerprint density at radius 1 is 1.40 bits per heavy atom. The summed E-state index contributed by atoms with van der Waals surface area (Å²) in [6, 6.07) is 0. The van der Waals surface area contributed by atoms with Gasteiger partial charge < -0.3 is 10.4 Å². The molecule has 0 saturated heterocycles. The van der Waals surface area contributed by atoms with Crippen LogP contribution in [0.1, 0.15) is 24.0 Å². The summed E-state index contributed by atoms with van der Waals surface area (Å²) in [5.41, 5.74) is 3.24. The van der Waals surface area contributed by atoms with Gasteiger partial charge in [-0.3, -0.25) is 9.78 Å². The fourth-order valence-electron chi connectivity index (χ4n) is 1.43. The highest BCUT2D eigenvalue weighted by atomic mass is 16.4. The molecule has 1 heterocycles. The van der Waals surface area contributed by atoms with E-state index in [1.165, 1.54) is 0 Å². The maximum absolute atomic E-state index is 10.3. The molecule has 2 N–H and O–H groups in total. The summed E-state index contributed by atoms with van der Waals surface area (Å²) in [6.45, 7) is 4.65. The minimum absolute atomic E-state index is 0.205. The number of nitrogens with zero attached hydrogens (tertiary/aromatic N) is 1. The molecule has 0 amide bonds. The number of nitrogens with one attached hydrogen (secondary N) is 1. The predicted octanol–water partition coefficient (Wildman–Crippen LogP) is 1.98. The third-order valence-electron chi connectivity index (χ3n) is 2.19. The lowest BCUT2D eigenvalue weighted by Crippen LogP contribution is -2.07. The Balaban J connectivity index is 2.47. The average molecular weight is 208 g/mol. The van der Waals surface area contributed by atoms with Gasteiger partial charge in [0, 0.05) is 31.0 Å². The van der Waals surface area contributed by atoms with Crippen molar-refractivity contribution in [1.29, 1.82) is 0 Å². The molecule has 0 atom stereocenters. The zero-order valence-electron chi connectivity index (χ0n) is 9.08. The first-order valence-corrected chi connectivity index (χ1v) is 4.98. The van der Waals surface area contributed by atoms with Crippen molar-refractivity contribution in [2.45, 2.75) is 26.7 Å². The van der Waals surface area contributed by atoms with Crippen LogP contribution in [0.5, 0.6) is 0 Å². The molecule has 0 aromatic carbocycles. The summed E-state index contributed by atoms with van der Waals surface area (Å²) in [6.07, 6.45) is 4.44. The summed E-state index contributed by atoms with van der Waals surface area (Å²) >= 11 is 0. The van der Waals surface area contributed by atoms with Crippen LogP contribution in [0.2, 0.25) is 0 Å². The van der Waals surface area contributed by atoms with Gasteiger partial charge in [-0.25, -0.2) is 0 Å². The van der Waals surface area contributed by atoms with E-state index >= 15 is 0 Å². The normalized spacial score (nSPS) is 10.0. The SMILES string of the molecule is Cc1cncc(C)c1NCCCC(=O)O. The van der Waals surface area contributed by atoms with Gasteiger partial charge in [-0.1, -0.05) is 0 Å². The molecular formula is C11H16N2O2. The average Bonchev–Trinajstić information content (AvgIpc) is 2.15. The molecule has 0 radical (unpaired) electrons. The summed E-state index contributed by atoms with van der Waals surface area (Å²) in [5, 5.41) is 11.7. The molecule has 0 aliphatic heterocycles.